The van der Waals surface area contributed by atoms with E-state index < -0.39 is 0 Å². The highest BCUT2D eigenvalue weighted by Crippen LogP contribution is 2.34. The number of halogens is 1. The standard InChI is InChI=1S/C21H23BrN2S/c1-3-8-19-15(2)24(14-16-9-5-4-6-10-16)21(25)23-20(19)17-11-7-12-18(22)13-17/h4-7,9-13,20H,3,8,14H2,1-2H3,(H,23,25)/t20-/m1/s1. The van der Waals surface area contributed by atoms with E-state index in [9.17, 15) is 0 Å². The second kappa shape index (κ2) is 8.15. The summed E-state index contributed by atoms with van der Waals surface area (Å²) in [6, 6.07) is 19.1. The first kappa shape index (κ1) is 18.2. The lowest BCUT2D eigenvalue weighted by Gasteiger charge is -2.39. The molecule has 1 atom stereocenters. The smallest absolute Gasteiger partial charge is 0.174 e. The van der Waals surface area contributed by atoms with Gasteiger partial charge in [0.2, 0.25) is 0 Å². The van der Waals surface area contributed by atoms with Crippen LogP contribution in [0, 0.1) is 0 Å². The summed E-state index contributed by atoms with van der Waals surface area (Å²) in [6.45, 7) is 5.23. The Morgan fingerprint density at radius 2 is 1.88 bits per heavy atom. The molecular formula is C21H23BrN2S. The van der Waals surface area contributed by atoms with Gasteiger partial charge < -0.3 is 10.2 Å². The van der Waals surface area contributed by atoms with Crippen LogP contribution in [-0.4, -0.2) is 10.0 Å². The lowest BCUT2D eigenvalue weighted by atomic mass is 9.92. The molecule has 25 heavy (non-hydrogen) atoms. The van der Waals surface area contributed by atoms with Crippen LogP contribution in [0.5, 0.6) is 0 Å². The third-order valence-electron chi connectivity index (χ3n) is 4.62. The van der Waals surface area contributed by atoms with Crippen LogP contribution in [0.1, 0.15) is 43.9 Å². The molecule has 0 radical (unpaired) electrons. The van der Waals surface area contributed by atoms with Gasteiger partial charge in [0, 0.05) is 16.7 Å². The highest BCUT2D eigenvalue weighted by atomic mass is 79.9. The van der Waals surface area contributed by atoms with Crippen LogP contribution in [-0.2, 0) is 6.54 Å². The van der Waals surface area contributed by atoms with E-state index in [1.165, 1.54) is 22.4 Å². The molecule has 0 aromatic heterocycles. The molecule has 0 aliphatic carbocycles. The molecule has 0 saturated carbocycles. The molecule has 0 spiro atoms. The molecule has 3 rings (SSSR count). The van der Waals surface area contributed by atoms with Gasteiger partial charge in [0.05, 0.1) is 6.04 Å². The van der Waals surface area contributed by atoms with Crippen LogP contribution in [0.4, 0.5) is 0 Å². The highest BCUT2D eigenvalue weighted by molar-refractivity contribution is 9.10. The molecule has 0 fully saturated rings. The van der Waals surface area contributed by atoms with Crippen molar-refractivity contribution in [3.8, 4) is 0 Å². The lowest BCUT2D eigenvalue weighted by Crippen LogP contribution is -2.45. The Balaban J connectivity index is 1.96. The predicted octanol–water partition coefficient (Wildman–Crippen LogP) is 5.95. The Kier molecular flexibility index (Phi) is 5.92. The molecule has 2 aromatic rings. The van der Waals surface area contributed by atoms with Crippen molar-refractivity contribution in [2.75, 3.05) is 0 Å². The van der Waals surface area contributed by atoms with Crippen molar-refractivity contribution in [1.29, 1.82) is 0 Å². The summed E-state index contributed by atoms with van der Waals surface area (Å²) in [5, 5.41) is 4.37. The minimum atomic E-state index is 0.150. The lowest BCUT2D eigenvalue weighted by molar-refractivity contribution is 0.442. The van der Waals surface area contributed by atoms with Gasteiger partial charge in [-0.1, -0.05) is 71.7 Å². The third kappa shape index (κ3) is 4.13. The first-order chi connectivity index (χ1) is 12.1. The summed E-state index contributed by atoms with van der Waals surface area (Å²) in [6.07, 6.45) is 2.18. The molecule has 0 saturated heterocycles. The van der Waals surface area contributed by atoms with Crippen molar-refractivity contribution in [3.05, 3.63) is 81.5 Å². The van der Waals surface area contributed by atoms with Gasteiger partial charge >= 0.3 is 0 Å². The van der Waals surface area contributed by atoms with Crippen molar-refractivity contribution >= 4 is 33.3 Å². The Morgan fingerprint density at radius 1 is 1.12 bits per heavy atom. The quantitative estimate of drug-likeness (QED) is 0.607. The maximum absolute atomic E-state index is 5.72. The molecule has 1 aliphatic heterocycles. The zero-order chi connectivity index (χ0) is 17.8. The zero-order valence-corrected chi connectivity index (χ0v) is 17.0. The van der Waals surface area contributed by atoms with Crippen LogP contribution in [0.2, 0.25) is 0 Å². The van der Waals surface area contributed by atoms with E-state index in [1.807, 2.05) is 6.07 Å². The van der Waals surface area contributed by atoms with Crippen molar-refractivity contribution in [1.82, 2.24) is 10.2 Å². The maximum Gasteiger partial charge on any atom is 0.174 e. The van der Waals surface area contributed by atoms with Crippen molar-refractivity contribution in [2.45, 2.75) is 39.3 Å². The van der Waals surface area contributed by atoms with Crippen LogP contribution >= 0.6 is 28.1 Å². The van der Waals surface area contributed by atoms with E-state index in [4.69, 9.17) is 12.2 Å². The molecule has 1 aliphatic rings. The number of allylic oxidation sites excluding steroid dienone is 1. The van der Waals surface area contributed by atoms with E-state index in [1.54, 1.807) is 0 Å². The molecule has 130 valence electrons. The molecule has 1 N–H and O–H groups in total. The number of hydrogen-bond acceptors (Lipinski definition) is 1. The maximum atomic E-state index is 5.72. The Morgan fingerprint density at radius 3 is 2.56 bits per heavy atom. The van der Waals surface area contributed by atoms with Crippen LogP contribution in [0.3, 0.4) is 0 Å². The average Bonchev–Trinajstić information content (AvgIpc) is 2.62. The number of nitrogens with one attached hydrogen (secondary N) is 1. The Labute approximate surface area is 164 Å². The van der Waals surface area contributed by atoms with Crippen molar-refractivity contribution in [3.63, 3.8) is 0 Å². The summed E-state index contributed by atoms with van der Waals surface area (Å²) in [7, 11) is 0. The molecule has 0 bridgehead atoms. The van der Waals surface area contributed by atoms with E-state index in [2.05, 4.69) is 88.5 Å². The number of nitrogens with zero attached hydrogens (tertiary/aromatic N) is 1. The summed E-state index contributed by atoms with van der Waals surface area (Å²) < 4.78 is 1.10. The molecule has 2 aromatic carbocycles. The van der Waals surface area contributed by atoms with E-state index in [-0.39, 0.29) is 6.04 Å². The number of rotatable bonds is 5. The molecule has 0 amide bonds. The summed E-state index contributed by atoms with van der Waals surface area (Å²) in [5.41, 5.74) is 5.21. The fourth-order valence-electron chi connectivity index (χ4n) is 3.34. The van der Waals surface area contributed by atoms with Crippen molar-refractivity contribution < 1.29 is 0 Å². The second-order valence-electron chi connectivity index (χ2n) is 6.37. The Bertz CT molecular complexity index is 785. The predicted molar refractivity (Wildman–Crippen MR) is 112 cm³/mol. The van der Waals surface area contributed by atoms with Gasteiger partial charge in [0.1, 0.15) is 0 Å². The minimum Gasteiger partial charge on any atom is -0.352 e. The topological polar surface area (TPSA) is 15.3 Å². The van der Waals surface area contributed by atoms with Gasteiger partial charge in [-0.2, -0.15) is 0 Å². The molecular weight excluding hydrogens is 392 g/mol. The first-order valence-corrected chi connectivity index (χ1v) is 9.87. The highest BCUT2D eigenvalue weighted by Gasteiger charge is 2.29. The number of benzene rings is 2. The molecule has 0 unspecified atom stereocenters. The Hall–Kier alpha value is -1.65. The van der Waals surface area contributed by atoms with Gasteiger partial charge in [0.15, 0.2) is 5.11 Å². The normalized spacial score (nSPS) is 17.6. The largest absolute Gasteiger partial charge is 0.352 e. The third-order valence-corrected chi connectivity index (χ3v) is 5.45. The fraction of sp³-hybridized carbons (Fsp3) is 0.286. The number of hydrogen-bond donors (Lipinski definition) is 1. The first-order valence-electron chi connectivity index (χ1n) is 8.67. The van der Waals surface area contributed by atoms with Gasteiger partial charge in [-0.15, -0.1) is 0 Å². The van der Waals surface area contributed by atoms with E-state index >= 15 is 0 Å². The monoisotopic (exact) mass is 414 g/mol. The van der Waals surface area contributed by atoms with Crippen LogP contribution in [0.25, 0.3) is 0 Å². The zero-order valence-electron chi connectivity index (χ0n) is 14.6. The van der Waals surface area contributed by atoms with Crippen molar-refractivity contribution in [2.24, 2.45) is 0 Å². The number of thiocarbonyl (C=S) groups is 1. The fourth-order valence-corrected chi connectivity index (χ4v) is 4.08. The molecule has 1 heterocycles. The summed E-state index contributed by atoms with van der Waals surface area (Å²) >= 11 is 9.31. The van der Waals surface area contributed by atoms with Gasteiger partial charge in [-0.25, -0.2) is 0 Å². The van der Waals surface area contributed by atoms with Crippen LogP contribution in [0.15, 0.2) is 70.3 Å². The van der Waals surface area contributed by atoms with Crippen LogP contribution < -0.4 is 5.32 Å². The minimum absolute atomic E-state index is 0.150. The van der Waals surface area contributed by atoms with Gasteiger partial charge in [-0.05, 0) is 54.4 Å². The SMILES string of the molecule is CCCC1=C(C)N(Cc2ccccc2)C(=S)N[C@@H]1c1cccc(Br)c1. The van der Waals surface area contributed by atoms with Gasteiger partial charge in [0.25, 0.3) is 0 Å². The second-order valence-corrected chi connectivity index (χ2v) is 7.67. The molecule has 4 heteroatoms. The summed E-state index contributed by atoms with van der Waals surface area (Å²) in [5.74, 6) is 0. The average molecular weight is 415 g/mol. The molecule has 2 nitrogen and oxygen atoms in total. The van der Waals surface area contributed by atoms with E-state index in [0.29, 0.717) is 0 Å². The van der Waals surface area contributed by atoms with Gasteiger partial charge in [-0.3, -0.25) is 0 Å². The summed E-state index contributed by atoms with van der Waals surface area (Å²) in [4.78, 5) is 2.23. The van der Waals surface area contributed by atoms with E-state index in [0.717, 1.165) is 29.0 Å².